The standard InChI is InChI=1S/C29H37N3O2/c1-5-23(3)32(29(34)27(6-2)25-16-11-8-12-17-25)22-28(33)31(20-24-14-9-7-10-15-24)21-26-18-13-19-30(26)4/h7-19,23,27H,5-6,20-22H2,1-4H3. The van der Waals surface area contributed by atoms with Crippen molar-refractivity contribution < 1.29 is 9.59 Å². The molecule has 0 aliphatic heterocycles. The summed E-state index contributed by atoms with van der Waals surface area (Å²) in [6.45, 7) is 7.20. The third-order valence-corrected chi connectivity index (χ3v) is 6.59. The van der Waals surface area contributed by atoms with Crippen molar-refractivity contribution in [3.63, 3.8) is 0 Å². The van der Waals surface area contributed by atoms with Gasteiger partial charge < -0.3 is 14.4 Å². The summed E-state index contributed by atoms with van der Waals surface area (Å²) >= 11 is 0. The summed E-state index contributed by atoms with van der Waals surface area (Å²) in [6.07, 6.45) is 3.48. The highest BCUT2D eigenvalue weighted by Gasteiger charge is 2.30. The Morgan fingerprint density at radius 3 is 2.06 bits per heavy atom. The van der Waals surface area contributed by atoms with Crippen LogP contribution in [-0.4, -0.2) is 38.8 Å². The van der Waals surface area contributed by atoms with E-state index < -0.39 is 0 Å². The van der Waals surface area contributed by atoms with Crippen LogP contribution in [0.3, 0.4) is 0 Å². The molecule has 0 fully saturated rings. The lowest BCUT2D eigenvalue weighted by molar-refractivity contribution is -0.144. The highest BCUT2D eigenvalue weighted by molar-refractivity contribution is 5.88. The minimum absolute atomic E-state index is 0.0231. The molecule has 2 atom stereocenters. The first kappa shape index (κ1) is 25.3. The fourth-order valence-corrected chi connectivity index (χ4v) is 4.25. The Morgan fingerprint density at radius 1 is 0.853 bits per heavy atom. The van der Waals surface area contributed by atoms with Crippen molar-refractivity contribution in [2.45, 2.75) is 58.7 Å². The molecule has 3 aromatic rings. The predicted octanol–water partition coefficient (Wildman–Crippen LogP) is 5.37. The van der Waals surface area contributed by atoms with Crippen LogP contribution in [0.5, 0.6) is 0 Å². The van der Waals surface area contributed by atoms with Gasteiger partial charge in [-0.3, -0.25) is 9.59 Å². The van der Waals surface area contributed by atoms with Crippen LogP contribution in [0.15, 0.2) is 79.0 Å². The zero-order valence-corrected chi connectivity index (χ0v) is 20.9. The molecule has 5 heteroatoms. The van der Waals surface area contributed by atoms with Gasteiger partial charge in [0.15, 0.2) is 0 Å². The molecule has 0 N–H and O–H groups in total. The zero-order valence-electron chi connectivity index (χ0n) is 20.9. The molecule has 180 valence electrons. The molecular weight excluding hydrogens is 422 g/mol. The minimum Gasteiger partial charge on any atom is -0.353 e. The van der Waals surface area contributed by atoms with Crippen molar-refractivity contribution in [2.75, 3.05) is 6.54 Å². The van der Waals surface area contributed by atoms with Crippen molar-refractivity contribution in [1.29, 1.82) is 0 Å². The molecule has 0 bridgehead atoms. The smallest absolute Gasteiger partial charge is 0.242 e. The van der Waals surface area contributed by atoms with E-state index in [-0.39, 0.29) is 30.3 Å². The van der Waals surface area contributed by atoms with E-state index in [0.29, 0.717) is 19.5 Å². The van der Waals surface area contributed by atoms with Crippen molar-refractivity contribution in [3.8, 4) is 0 Å². The Kier molecular flexibility index (Phi) is 9.08. The summed E-state index contributed by atoms with van der Waals surface area (Å²) in [7, 11) is 1.99. The molecule has 2 unspecified atom stereocenters. The molecule has 5 nitrogen and oxygen atoms in total. The normalized spacial score (nSPS) is 12.7. The number of hydrogen-bond donors (Lipinski definition) is 0. The maximum Gasteiger partial charge on any atom is 0.242 e. The SMILES string of the molecule is CCC(C(=O)N(CC(=O)N(Cc1ccccc1)Cc1cccn1C)C(C)CC)c1ccccc1. The second-order valence-corrected chi connectivity index (χ2v) is 8.94. The van der Waals surface area contributed by atoms with Gasteiger partial charge in [-0.05, 0) is 43.0 Å². The highest BCUT2D eigenvalue weighted by Crippen LogP contribution is 2.24. The molecule has 0 aliphatic carbocycles. The average molecular weight is 460 g/mol. The van der Waals surface area contributed by atoms with Crippen molar-refractivity contribution >= 4 is 11.8 Å². The van der Waals surface area contributed by atoms with Gasteiger partial charge in [-0.1, -0.05) is 74.5 Å². The number of amides is 2. The van der Waals surface area contributed by atoms with Crippen molar-refractivity contribution in [3.05, 3.63) is 95.8 Å². The highest BCUT2D eigenvalue weighted by atomic mass is 16.2. The summed E-state index contributed by atoms with van der Waals surface area (Å²) in [4.78, 5) is 31.0. The lowest BCUT2D eigenvalue weighted by atomic mass is 9.94. The van der Waals surface area contributed by atoms with E-state index in [1.165, 1.54) is 0 Å². The van der Waals surface area contributed by atoms with Crippen LogP contribution in [0.4, 0.5) is 0 Å². The molecule has 0 saturated heterocycles. The minimum atomic E-state index is -0.251. The maximum absolute atomic E-state index is 13.7. The van der Waals surface area contributed by atoms with E-state index in [2.05, 4.69) is 6.92 Å². The van der Waals surface area contributed by atoms with Gasteiger partial charge in [0.1, 0.15) is 6.54 Å². The van der Waals surface area contributed by atoms with Crippen molar-refractivity contribution in [1.82, 2.24) is 14.4 Å². The summed E-state index contributed by atoms with van der Waals surface area (Å²) in [5.74, 6) is -0.269. The zero-order chi connectivity index (χ0) is 24.5. The number of hydrogen-bond acceptors (Lipinski definition) is 2. The molecule has 0 saturated carbocycles. The Balaban J connectivity index is 1.85. The Morgan fingerprint density at radius 2 is 1.50 bits per heavy atom. The summed E-state index contributed by atoms with van der Waals surface area (Å²) < 4.78 is 2.03. The third kappa shape index (κ3) is 6.37. The Bertz CT molecular complexity index is 1050. The molecule has 2 aromatic carbocycles. The van der Waals surface area contributed by atoms with Crippen LogP contribution in [-0.2, 0) is 29.7 Å². The molecule has 0 radical (unpaired) electrons. The molecule has 3 rings (SSSR count). The van der Waals surface area contributed by atoms with Crippen LogP contribution >= 0.6 is 0 Å². The van der Waals surface area contributed by atoms with Gasteiger partial charge in [0.05, 0.1) is 12.5 Å². The molecule has 2 amide bonds. The first-order valence-electron chi connectivity index (χ1n) is 12.2. The van der Waals surface area contributed by atoms with E-state index in [1.807, 2.05) is 109 Å². The number of benzene rings is 2. The number of aryl methyl sites for hydroxylation is 1. The number of carbonyl (C=O) groups is 2. The Labute approximate surface area is 204 Å². The van der Waals surface area contributed by atoms with Gasteiger partial charge in [0, 0.05) is 31.5 Å². The summed E-state index contributed by atoms with van der Waals surface area (Å²) in [6, 6.07) is 23.9. The van der Waals surface area contributed by atoms with E-state index in [4.69, 9.17) is 0 Å². The summed E-state index contributed by atoms with van der Waals surface area (Å²) in [5, 5.41) is 0. The lowest BCUT2D eigenvalue weighted by Gasteiger charge is -2.34. The van der Waals surface area contributed by atoms with Crippen LogP contribution in [0.2, 0.25) is 0 Å². The quantitative estimate of drug-likeness (QED) is 0.387. The molecule has 1 aromatic heterocycles. The van der Waals surface area contributed by atoms with Gasteiger partial charge in [0.2, 0.25) is 11.8 Å². The summed E-state index contributed by atoms with van der Waals surface area (Å²) in [5.41, 5.74) is 3.13. The van der Waals surface area contributed by atoms with Crippen LogP contribution in [0.1, 0.15) is 56.4 Å². The number of rotatable bonds is 11. The second-order valence-electron chi connectivity index (χ2n) is 8.94. The third-order valence-electron chi connectivity index (χ3n) is 6.59. The van der Waals surface area contributed by atoms with Gasteiger partial charge >= 0.3 is 0 Å². The van der Waals surface area contributed by atoms with Crippen LogP contribution < -0.4 is 0 Å². The van der Waals surface area contributed by atoms with Crippen LogP contribution in [0.25, 0.3) is 0 Å². The number of carbonyl (C=O) groups excluding carboxylic acids is 2. The van der Waals surface area contributed by atoms with Gasteiger partial charge in [-0.2, -0.15) is 0 Å². The van der Waals surface area contributed by atoms with E-state index in [1.54, 1.807) is 4.90 Å². The predicted molar refractivity (Wildman–Crippen MR) is 137 cm³/mol. The van der Waals surface area contributed by atoms with Gasteiger partial charge in [-0.15, -0.1) is 0 Å². The monoisotopic (exact) mass is 459 g/mol. The van der Waals surface area contributed by atoms with Crippen molar-refractivity contribution in [2.24, 2.45) is 7.05 Å². The van der Waals surface area contributed by atoms with Gasteiger partial charge in [0.25, 0.3) is 0 Å². The average Bonchev–Trinajstić information content (AvgIpc) is 3.27. The molecule has 34 heavy (non-hydrogen) atoms. The van der Waals surface area contributed by atoms with E-state index >= 15 is 0 Å². The van der Waals surface area contributed by atoms with E-state index in [9.17, 15) is 9.59 Å². The number of aromatic nitrogens is 1. The van der Waals surface area contributed by atoms with Gasteiger partial charge in [-0.25, -0.2) is 0 Å². The topological polar surface area (TPSA) is 45.6 Å². The first-order valence-corrected chi connectivity index (χ1v) is 12.2. The van der Waals surface area contributed by atoms with E-state index in [0.717, 1.165) is 23.2 Å². The largest absolute Gasteiger partial charge is 0.353 e. The molecular formula is C29H37N3O2. The Hall–Kier alpha value is -3.34. The fourth-order valence-electron chi connectivity index (χ4n) is 4.25. The fraction of sp³-hybridized carbons (Fsp3) is 0.379. The first-order chi connectivity index (χ1) is 16.4. The van der Waals surface area contributed by atoms with Crippen LogP contribution in [0, 0.1) is 0 Å². The molecule has 0 aliphatic rings. The lowest BCUT2D eigenvalue weighted by Crippen LogP contribution is -2.48. The molecule has 0 spiro atoms. The number of nitrogens with zero attached hydrogens (tertiary/aromatic N) is 3. The second kappa shape index (κ2) is 12.2. The maximum atomic E-state index is 13.7. The molecule has 1 heterocycles.